The summed E-state index contributed by atoms with van der Waals surface area (Å²) in [7, 11) is 0. The van der Waals surface area contributed by atoms with Gasteiger partial charge in [-0.1, -0.05) is 57.2 Å². The Hall–Kier alpha value is -1.06. The summed E-state index contributed by atoms with van der Waals surface area (Å²) in [5, 5.41) is 0. The van der Waals surface area contributed by atoms with Gasteiger partial charge in [0.1, 0.15) is 5.75 Å². The van der Waals surface area contributed by atoms with E-state index in [1.807, 2.05) is 6.07 Å². The standard InChI is InChI=1S/C17H28N2O/c1-2-12-20-17-11-7-6-10-15(17)16(19-18)13-14-8-4-3-5-9-14/h6-7,10-11,14,16,19H,2-5,8-9,12-13,18H2,1H3. The molecule has 0 aliphatic heterocycles. The lowest BCUT2D eigenvalue weighted by Gasteiger charge is -2.27. The van der Waals surface area contributed by atoms with Gasteiger partial charge in [-0.3, -0.25) is 11.3 Å². The number of hydrogen-bond donors (Lipinski definition) is 2. The van der Waals surface area contributed by atoms with E-state index >= 15 is 0 Å². The molecule has 1 aliphatic rings. The zero-order chi connectivity index (χ0) is 14.2. The van der Waals surface area contributed by atoms with Crippen molar-refractivity contribution in [2.75, 3.05) is 6.61 Å². The first-order chi connectivity index (χ1) is 9.85. The lowest BCUT2D eigenvalue weighted by molar-refractivity contribution is 0.285. The Balaban J connectivity index is 2.05. The summed E-state index contributed by atoms with van der Waals surface area (Å²) >= 11 is 0. The van der Waals surface area contributed by atoms with Gasteiger partial charge in [0, 0.05) is 11.6 Å². The van der Waals surface area contributed by atoms with Gasteiger partial charge >= 0.3 is 0 Å². The average Bonchev–Trinajstić information content (AvgIpc) is 2.52. The van der Waals surface area contributed by atoms with Crippen molar-refractivity contribution < 1.29 is 4.74 Å². The van der Waals surface area contributed by atoms with E-state index in [0.717, 1.165) is 31.1 Å². The zero-order valence-electron chi connectivity index (χ0n) is 12.6. The minimum Gasteiger partial charge on any atom is -0.493 e. The summed E-state index contributed by atoms with van der Waals surface area (Å²) in [5.74, 6) is 7.59. The Morgan fingerprint density at radius 3 is 2.70 bits per heavy atom. The topological polar surface area (TPSA) is 47.3 Å². The molecule has 1 aromatic carbocycles. The van der Waals surface area contributed by atoms with Gasteiger partial charge in [-0.15, -0.1) is 0 Å². The van der Waals surface area contributed by atoms with Crippen LogP contribution in [-0.2, 0) is 0 Å². The Morgan fingerprint density at radius 2 is 2.00 bits per heavy atom. The fourth-order valence-corrected chi connectivity index (χ4v) is 3.15. The van der Waals surface area contributed by atoms with Gasteiger partial charge in [-0.05, 0) is 24.8 Å². The summed E-state index contributed by atoms with van der Waals surface area (Å²) in [6, 6.07) is 8.49. The van der Waals surface area contributed by atoms with E-state index in [1.54, 1.807) is 0 Å². The van der Waals surface area contributed by atoms with Gasteiger partial charge in [-0.25, -0.2) is 0 Å². The molecule has 1 aliphatic carbocycles. The fourth-order valence-electron chi connectivity index (χ4n) is 3.15. The molecule has 0 bridgehead atoms. The van der Waals surface area contributed by atoms with Gasteiger partial charge in [-0.2, -0.15) is 0 Å². The number of hydrazine groups is 1. The maximum atomic E-state index is 5.86. The second-order valence-corrected chi connectivity index (χ2v) is 5.85. The first-order valence-electron chi connectivity index (χ1n) is 8.03. The molecule has 0 spiro atoms. The van der Waals surface area contributed by atoms with Gasteiger partial charge in [0.05, 0.1) is 6.61 Å². The van der Waals surface area contributed by atoms with E-state index in [0.29, 0.717) is 0 Å². The van der Waals surface area contributed by atoms with Crippen LogP contribution in [0, 0.1) is 5.92 Å². The molecule has 112 valence electrons. The molecule has 1 aromatic rings. The number of rotatable bonds is 7. The van der Waals surface area contributed by atoms with Gasteiger partial charge < -0.3 is 4.74 Å². The summed E-state index contributed by atoms with van der Waals surface area (Å²) < 4.78 is 5.86. The monoisotopic (exact) mass is 276 g/mol. The minimum absolute atomic E-state index is 0.200. The zero-order valence-corrected chi connectivity index (χ0v) is 12.6. The van der Waals surface area contributed by atoms with E-state index in [1.165, 1.54) is 37.7 Å². The van der Waals surface area contributed by atoms with Crippen molar-refractivity contribution in [2.24, 2.45) is 11.8 Å². The molecule has 0 aromatic heterocycles. The van der Waals surface area contributed by atoms with Crippen molar-refractivity contribution >= 4 is 0 Å². The van der Waals surface area contributed by atoms with E-state index in [4.69, 9.17) is 10.6 Å². The van der Waals surface area contributed by atoms with Crippen LogP contribution in [0.2, 0.25) is 0 Å². The highest BCUT2D eigenvalue weighted by atomic mass is 16.5. The van der Waals surface area contributed by atoms with Crippen LogP contribution in [0.15, 0.2) is 24.3 Å². The molecule has 0 amide bonds. The van der Waals surface area contributed by atoms with Crippen molar-refractivity contribution in [1.29, 1.82) is 0 Å². The number of benzene rings is 1. The smallest absolute Gasteiger partial charge is 0.124 e. The Labute approximate surface area is 122 Å². The molecule has 0 heterocycles. The third kappa shape index (κ3) is 4.22. The van der Waals surface area contributed by atoms with Crippen LogP contribution >= 0.6 is 0 Å². The number of nitrogens with one attached hydrogen (secondary N) is 1. The van der Waals surface area contributed by atoms with Crippen molar-refractivity contribution in [1.82, 2.24) is 5.43 Å². The summed E-state index contributed by atoms with van der Waals surface area (Å²) in [5.41, 5.74) is 4.21. The van der Waals surface area contributed by atoms with Crippen LogP contribution in [0.4, 0.5) is 0 Å². The molecule has 3 N–H and O–H groups in total. The third-order valence-corrected chi connectivity index (χ3v) is 4.25. The molecular weight excluding hydrogens is 248 g/mol. The first kappa shape index (κ1) is 15.3. The van der Waals surface area contributed by atoms with Crippen molar-refractivity contribution in [2.45, 2.75) is 57.9 Å². The number of para-hydroxylation sites is 1. The Morgan fingerprint density at radius 1 is 1.25 bits per heavy atom. The maximum Gasteiger partial charge on any atom is 0.124 e. The number of hydrogen-bond acceptors (Lipinski definition) is 3. The van der Waals surface area contributed by atoms with Gasteiger partial charge in [0.25, 0.3) is 0 Å². The molecule has 1 saturated carbocycles. The van der Waals surface area contributed by atoms with Crippen LogP contribution in [0.3, 0.4) is 0 Å². The van der Waals surface area contributed by atoms with Crippen LogP contribution in [0.25, 0.3) is 0 Å². The maximum absolute atomic E-state index is 5.86. The molecule has 3 heteroatoms. The van der Waals surface area contributed by atoms with Crippen LogP contribution in [-0.4, -0.2) is 6.61 Å². The van der Waals surface area contributed by atoms with Gasteiger partial charge in [0.15, 0.2) is 0 Å². The highest BCUT2D eigenvalue weighted by Gasteiger charge is 2.21. The van der Waals surface area contributed by atoms with Crippen LogP contribution in [0.1, 0.15) is 63.5 Å². The minimum atomic E-state index is 0.200. The fraction of sp³-hybridized carbons (Fsp3) is 0.647. The number of nitrogens with two attached hydrogens (primary N) is 1. The van der Waals surface area contributed by atoms with Crippen LogP contribution < -0.4 is 16.0 Å². The normalized spacial score (nSPS) is 17.9. The average molecular weight is 276 g/mol. The van der Waals surface area contributed by atoms with Crippen molar-refractivity contribution in [3.05, 3.63) is 29.8 Å². The SMILES string of the molecule is CCCOc1ccccc1C(CC1CCCCC1)NN. The lowest BCUT2D eigenvalue weighted by atomic mass is 9.83. The molecule has 0 saturated heterocycles. The summed E-state index contributed by atoms with van der Waals surface area (Å²) in [4.78, 5) is 0. The van der Waals surface area contributed by atoms with Crippen LogP contribution in [0.5, 0.6) is 5.75 Å². The molecule has 3 nitrogen and oxygen atoms in total. The second-order valence-electron chi connectivity index (χ2n) is 5.85. The second kappa shape index (κ2) is 8.28. The summed E-state index contributed by atoms with van der Waals surface area (Å²) in [6.07, 6.45) is 8.96. The molecule has 1 unspecified atom stereocenters. The lowest BCUT2D eigenvalue weighted by Crippen LogP contribution is -2.30. The largest absolute Gasteiger partial charge is 0.493 e. The number of ether oxygens (including phenoxy) is 1. The Kier molecular flexibility index (Phi) is 6.34. The first-order valence-corrected chi connectivity index (χ1v) is 8.03. The predicted octanol–water partition coefficient (Wildman–Crippen LogP) is 3.95. The highest BCUT2D eigenvalue weighted by molar-refractivity contribution is 5.36. The molecule has 20 heavy (non-hydrogen) atoms. The van der Waals surface area contributed by atoms with E-state index in [-0.39, 0.29) is 6.04 Å². The molecule has 0 radical (unpaired) electrons. The molecule has 1 fully saturated rings. The predicted molar refractivity (Wildman–Crippen MR) is 83.5 cm³/mol. The third-order valence-electron chi connectivity index (χ3n) is 4.25. The highest BCUT2D eigenvalue weighted by Crippen LogP contribution is 2.34. The molecular formula is C17H28N2O. The van der Waals surface area contributed by atoms with E-state index in [9.17, 15) is 0 Å². The molecule has 2 rings (SSSR count). The van der Waals surface area contributed by atoms with Gasteiger partial charge in [0.2, 0.25) is 0 Å². The quantitative estimate of drug-likeness (QED) is 0.585. The van der Waals surface area contributed by atoms with E-state index < -0.39 is 0 Å². The Bertz CT molecular complexity index is 388. The van der Waals surface area contributed by atoms with Crippen molar-refractivity contribution in [3.63, 3.8) is 0 Å². The van der Waals surface area contributed by atoms with E-state index in [2.05, 4.69) is 30.5 Å². The molecule has 1 atom stereocenters. The van der Waals surface area contributed by atoms with Crippen molar-refractivity contribution in [3.8, 4) is 5.75 Å². The summed E-state index contributed by atoms with van der Waals surface area (Å²) in [6.45, 7) is 2.89.